The highest BCUT2D eigenvalue weighted by atomic mass is 16.6. The van der Waals surface area contributed by atoms with Gasteiger partial charge in [0.2, 0.25) is 0 Å². The molecule has 0 saturated carbocycles. The molecule has 2 heterocycles. The van der Waals surface area contributed by atoms with Crippen LogP contribution in [0.15, 0.2) is 17.2 Å². The van der Waals surface area contributed by atoms with E-state index in [1.807, 2.05) is 6.92 Å². The van der Waals surface area contributed by atoms with Crippen LogP contribution in [0.1, 0.15) is 5.56 Å². The fraction of sp³-hybridized carbons (Fsp3) is 0.500. The lowest BCUT2D eigenvalue weighted by molar-refractivity contribution is 0.378. The minimum absolute atomic E-state index is 0.198. The summed E-state index contributed by atoms with van der Waals surface area (Å²) in [5.41, 5.74) is 0.798. The van der Waals surface area contributed by atoms with Crippen LogP contribution in [0.4, 0.5) is 0 Å². The van der Waals surface area contributed by atoms with Crippen molar-refractivity contribution in [1.29, 1.82) is 0 Å². The summed E-state index contributed by atoms with van der Waals surface area (Å²) < 4.78 is 6.61. The van der Waals surface area contributed by atoms with Gasteiger partial charge in [0, 0.05) is 12.4 Å². The van der Waals surface area contributed by atoms with Gasteiger partial charge in [0.1, 0.15) is 0 Å². The van der Waals surface area contributed by atoms with E-state index in [1.54, 1.807) is 17.0 Å². The lowest BCUT2D eigenvalue weighted by Crippen LogP contribution is -2.24. The monoisotopic (exact) mass is 166 g/mol. The van der Waals surface area contributed by atoms with Crippen LogP contribution in [0.3, 0.4) is 0 Å². The van der Waals surface area contributed by atoms with Crippen LogP contribution >= 0.6 is 0 Å². The van der Waals surface area contributed by atoms with Crippen LogP contribution in [0.25, 0.3) is 0 Å². The zero-order chi connectivity index (χ0) is 8.55. The highest BCUT2D eigenvalue weighted by Crippen LogP contribution is 2.10. The van der Waals surface area contributed by atoms with Crippen molar-refractivity contribution >= 4 is 0 Å². The number of rotatable bonds is 2. The molecule has 12 heavy (non-hydrogen) atoms. The van der Waals surface area contributed by atoms with Crippen LogP contribution in [0, 0.1) is 6.92 Å². The van der Waals surface area contributed by atoms with Crippen molar-refractivity contribution < 1.29 is 4.74 Å². The van der Waals surface area contributed by atoms with Gasteiger partial charge in [0.15, 0.2) is 0 Å². The lowest BCUT2D eigenvalue weighted by atomic mass is 10.4. The molecule has 0 bridgehead atoms. The fourth-order valence-electron chi connectivity index (χ4n) is 1.09. The maximum absolute atomic E-state index is 11.1. The first-order valence-corrected chi connectivity index (χ1v) is 3.90. The molecule has 1 aliphatic heterocycles. The third-order valence-electron chi connectivity index (χ3n) is 1.79. The summed E-state index contributed by atoms with van der Waals surface area (Å²) in [6.07, 6.45) is 3.61. The van der Waals surface area contributed by atoms with Gasteiger partial charge in [-0.15, -0.1) is 0 Å². The molecule has 4 heteroatoms. The Labute approximate surface area is 69.8 Å². The van der Waals surface area contributed by atoms with E-state index in [9.17, 15) is 4.79 Å². The summed E-state index contributed by atoms with van der Waals surface area (Å²) in [5, 5.41) is 0. The maximum atomic E-state index is 11.1. The molecule has 0 N–H and O–H groups in total. The molecule has 0 spiro atoms. The van der Waals surface area contributed by atoms with Crippen LogP contribution in [0.2, 0.25) is 0 Å². The second kappa shape index (κ2) is 2.71. The Balaban J connectivity index is 2.27. The SMILES string of the molecule is Cc1cnc(=O)n(CC2CO2)c1. The van der Waals surface area contributed by atoms with Gasteiger partial charge in [-0.25, -0.2) is 9.78 Å². The molecule has 1 saturated heterocycles. The summed E-state index contributed by atoms with van der Waals surface area (Å²) in [7, 11) is 0. The molecule has 1 fully saturated rings. The van der Waals surface area contributed by atoms with Crippen molar-refractivity contribution in [3.63, 3.8) is 0 Å². The highest BCUT2D eigenvalue weighted by molar-refractivity contribution is 5.00. The largest absolute Gasteiger partial charge is 0.371 e. The second-order valence-electron chi connectivity index (χ2n) is 3.02. The summed E-state index contributed by atoms with van der Waals surface area (Å²) in [6.45, 7) is 3.31. The van der Waals surface area contributed by atoms with E-state index < -0.39 is 0 Å². The number of aromatic nitrogens is 2. The van der Waals surface area contributed by atoms with E-state index in [0.29, 0.717) is 6.54 Å². The zero-order valence-corrected chi connectivity index (χ0v) is 6.86. The third-order valence-corrected chi connectivity index (χ3v) is 1.79. The third kappa shape index (κ3) is 1.53. The van der Waals surface area contributed by atoms with Gasteiger partial charge >= 0.3 is 5.69 Å². The molecule has 0 radical (unpaired) electrons. The Kier molecular flexibility index (Phi) is 1.69. The number of hydrogen-bond acceptors (Lipinski definition) is 3. The molecular formula is C8H10N2O2. The minimum atomic E-state index is -0.198. The number of hydrogen-bond donors (Lipinski definition) is 0. The van der Waals surface area contributed by atoms with E-state index in [2.05, 4.69) is 4.98 Å². The zero-order valence-electron chi connectivity index (χ0n) is 6.86. The average molecular weight is 166 g/mol. The summed E-state index contributed by atoms with van der Waals surface area (Å²) in [4.78, 5) is 14.8. The lowest BCUT2D eigenvalue weighted by Gasteiger charge is -2.01. The number of aryl methyl sites for hydroxylation is 1. The predicted octanol–water partition coefficient (Wildman–Crippen LogP) is -0.0495. The molecule has 0 aliphatic carbocycles. The first-order valence-electron chi connectivity index (χ1n) is 3.90. The van der Waals surface area contributed by atoms with Gasteiger partial charge in [-0.2, -0.15) is 0 Å². The van der Waals surface area contributed by atoms with Gasteiger partial charge < -0.3 is 4.74 Å². The molecule has 4 nitrogen and oxygen atoms in total. The Morgan fingerprint density at radius 2 is 2.58 bits per heavy atom. The van der Waals surface area contributed by atoms with E-state index >= 15 is 0 Å². The van der Waals surface area contributed by atoms with E-state index in [-0.39, 0.29) is 11.8 Å². The van der Waals surface area contributed by atoms with Crippen molar-refractivity contribution in [3.05, 3.63) is 28.4 Å². The van der Waals surface area contributed by atoms with Gasteiger partial charge in [0.25, 0.3) is 0 Å². The topological polar surface area (TPSA) is 47.4 Å². The minimum Gasteiger partial charge on any atom is -0.371 e. The normalized spacial score (nSPS) is 20.9. The molecular weight excluding hydrogens is 156 g/mol. The average Bonchev–Trinajstić information content (AvgIpc) is 2.81. The molecule has 1 aliphatic rings. The Morgan fingerprint density at radius 1 is 1.83 bits per heavy atom. The Bertz CT molecular complexity index is 341. The van der Waals surface area contributed by atoms with E-state index in [1.165, 1.54) is 0 Å². The molecule has 1 atom stereocenters. The fourth-order valence-corrected chi connectivity index (χ4v) is 1.09. The van der Waals surface area contributed by atoms with Gasteiger partial charge in [-0.05, 0) is 12.5 Å². The van der Waals surface area contributed by atoms with E-state index in [4.69, 9.17) is 4.74 Å². The van der Waals surface area contributed by atoms with Gasteiger partial charge in [0.05, 0.1) is 19.3 Å². The number of nitrogens with zero attached hydrogens (tertiary/aromatic N) is 2. The summed E-state index contributed by atoms with van der Waals surface area (Å²) in [5.74, 6) is 0. The van der Waals surface area contributed by atoms with Crippen molar-refractivity contribution in [3.8, 4) is 0 Å². The molecule has 1 aromatic rings. The first-order chi connectivity index (χ1) is 5.75. The van der Waals surface area contributed by atoms with Crippen LogP contribution in [0.5, 0.6) is 0 Å². The molecule has 64 valence electrons. The van der Waals surface area contributed by atoms with E-state index in [0.717, 1.165) is 12.2 Å². The van der Waals surface area contributed by atoms with Crippen molar-refractivity contribution in [2.75, 3.05) is 6.61 Å². The van der Waals surface area contributed by atoms with Crippen LogP contribution in [-0.2, 0) is 11.3 Å². The number of ether oxygens (including phenoxy) is 1. The quantitative estimate of drug-likeness (QED) is 0.579. The van der Waals surface area contributed by atoms with Crippen molar-refractivity contribution in [2.45, 2.75) is 19.6 Å². The van der Waals surface area contributed by atoms with Gasteiger partial charge in [-0.1, -0.05) is 0 Å². The number of epoxide rings is 1. The van der Waals surface area contributed by atoms with Crippen LogP contribution in [-0.4, -0.2) is 22.3 Å². The summed E-state index contributed by atoms with van der Waals surface area (Å²) in [6, 6.07) is 0. The molecule has 0 aromatic carbocycles. The standard InChI is InChI=1S/C8H10N2O2/c1-6-2-9-8(11)10(3-6)4-7-5-12-7/h2-3,7H,4-5H2,1H3. The second-order valence-corrected chi connectivity index (χ2v) is 3.02. The van der Waals surface area contributed by atoms with Crippen LogP contribution < -0.4 is 5.69 Å². The molecule has 2 rings (SSSR count). The smallest absolute Gasteiger partial charge is 0.347 e. The summed E-state index contributed by atoms with van der Waals surface area (Å²) >= 11 is 0. The first kappa shape index (κ1) is 7.49. The molecule has 1 unspecified atom stereocenters. The molecule has 0 amide bonds. The Hall–Kier alpha value is -1.16. The maximum Gasteiger partial charge on any atom is 0.347 e. The van der Waals surface area contributed by atoms with Crippen molar-refractivity contribution in [2.24, 2.45) is 0 Å². The molecule has 1 aromatic heterocycles. The predicted molar refractivity (Wildman–Crippen MR) is 43.0 cm³/mol. The van der Waals surface area contributed by atoms with Gasteiger partial charge in [-0.3, -0.25) is 4.57 Å². The highest BCUT2D eigenvalue weighted by Gasteiger charge is 2.23. The Morgan fingerprint density at radius 3 is 3.25 bits per heavy atom. The van der Waals surface area contributed by atoms with Crippen molar-refractivity contribution in [1.82, 2.24) is 9.55 Å².